The van der Waals surface area contributed by atoms with Crippen LogP contribution in [0.1, 0.15) is 42.4 Å². The first kappa shape index (κ1) is 14.3. The van der Waals surface area contributed by atoms with E-state index in [1.165, 1.54) is 0 Å². The van der Waals surface area contributed by atoms with Gasteiger partial charge in [-0.3, -0.25) is 4.68 Å². The van der Waals surface area contributed by atoms with Gasteiger partial charge in [-0.15, -0.1) is 0 Å². The van der Waals surface area contributed by atoms with Crippen LogP contribution in [0.4, 0.5) is 0 Å². The molecule has 0 spiro atoms. The predicted molar refractivity (Wildman–Crippen MR) is 79.0 cm³/mol. The normalized spacial score (nSPS) is 11.7. The SMILES string of the molecule is Cc1ccc(C(=O)O)c(-c2cn(C)nc2C(C)(C)C)c1. The lowest BCUT2D eigenvalue weighted by Crippen LogP contribution is -2.14. The number of carboxylic acids is 1. The Labute approximate surface area is 119 Å². The second-order valence-electron chi connectivity index (χ2n) is 6.17. The molecule has 0 amide bonds. The first-order valence-electron chi connectivity index (χ1n) is 6.58. The third kappa shape index (κ3) is 2.59. The Morgan fingerprint density at radius 3 is 2.45 bits per heavy atom. The Hall–Kier alpha value is -2.10. The molecule has 0 bridgehead atoms. The number of aryl methyl sites for hydroxylation is 2. The number of carbonyl (C=O) groups is 1. The average Bonchev–Trinajstić information content (AvgIpc) is 2.70. The molecular formula is C16H20N2O2. The summed E-state index contributed by atoms with van der Waals surface area (Å²) in [5.41, 5.74) is 3.74. The monoisotopic (exact) mass is 272 g/mol. The smallest absolute Gasteiger partial charge is 0.336 e. The van der Waals surface area contributed by atoms with Gasteiger partial charge >= 0.3 is 5.97 Å². The van der Waals surface area contributed by atoms with E-state index < -0.39 is 5.97 Å². The van der Waals surface area contributed by atoms with Crippen molar-refractivity contribution in [1.82, 2.24) is 9.78 Å². The van der Waals surface area contributed by atoms with E-state index in [4.69, 9.17) is 0 Å². The fraction of sp³-hybridized carbons (Fsp3) is 0.375. The summed E-state index contributed by atoms with van der Waals surface area (Å²) < 4.78 is 1.74. The van der Waals surface area contributed by atoms with E-state index in [1.54, 1.807) is 10.7 Å². The molecule has 1 aromatic heterocycles. The van der Waals surface area contributed by atoms with Crippen molar-refractivity contribution in [3.05, 3.63) is 41.2 Å². The maximum atomic E-state index is 11.4. The summed E-state index contributed by atoms with van der Waals surface area (Å²) in [5, 5.41) is 13.9. The molecule has 4 heteroatoms. The standard InChI is InChI=1S/C16H20N2O2/c1-10-6-7-11(15(19)20)12(8-10)13-9-18(5)17-14(13)16(2,3)4/h6-9H,1-5H3,(H,19,20). The topological polar surface area (TPSA) is 55.1 Å². The van der Waals surface area contributed by atoms with Gasteiger partial charge in [0.25, 0.3) is 0 Å². The van der Waals surface area contributed by atoms with Gasteiger partial charge in [0, 0.05) is 24.2 Å². The van der Waals surface area contributed by atoms with Gasteiger partial charge in [-0.25, -0.2) is 4.79 Å². The third-order valence-corrected chi connectivity index (χ3v) is 3.23. The quantitative estimate of drug-likeness (QED) is 0.911. The van der Waals surface area contributed by atoms with Crippen molar-refractivity contribution in [2.24, 2.45) is 7.05 Å². The van der Waals surface area contributed by atoms with Gasteiger partial charge in [-0.2, -0.15) is 5.10 Å². The van der Waals surface area contributed by atoms with Crippen LogP contribution in [0.25, 0.3) is 11.1 Å². The highest BCUT2D eigenvalue weighted by Gasteiger charge is 2.25. The van der Waals surface area contributed by atoms with Crippen LogP contribution >= 0.6 is 0 Å². The van der Waals surface area contributed by atoms with E-state index in [0.29, 0.717) is 5.56 Å². The van der Waals surface area contributed by atoms with Gasteiger partial charge in [0.15, 0.2) is 0 Å². The fourth-order valence-corrected chi connectivity index (χ4v) is 2.31. The molecule has 0 radical (unpaired) electrons. The van der Waals surface area contributed by atoms with Crippen LogP contribution in [0.15, 0.2) is 24.4 Å². The van der Waals surface area contributed by atoms with Gasteiger partial charge < -0.3 is 5.11 Å². The summed E-state index contributed by atoms with van der Waals surface area (Å²) in [6, 6.07) is 5.39. The number of nitrogens with zero attached hydrogens (tertiary/aromatic N) is 2. The molecule has 2 aromatic rings. The molecule has 2 rings (SSSR count). The highest BCUT2D eigenvalue weighted by atomic mass is 16.4. The van der Waals surface area contributed by atoms with Crippen LogP contribution in [0.3, 0.4) is 0 Å². The van der Waals surface area contributed by atoms with Gasteiger partial charge in [0.2, 0.25) is 0 Å². The molecule has 0 saturated carbocycles. The van der Waals surface area contributed by atoms with Gasteiger partial charge in [-0.05, 0) is 18.6 Å². The van der Waals surface area contributed by atoms with E-state index in [1.807, 2.05) is 32.3 Å². The third-order valence-electron chi connectivity index (χ3n) is 3.23. The van der Waals surface area contributed by atoms with Crippen molar-refractivity contribution in [3.8, 4) is 11.1 Å². The van der Waals surface area contributed by atoms with E-state index in [2.05, 4.69) is 25.9 Å². The molecule has 1 N–H and O–H groups in total. The summed E-state index contributed by atoms with van der Waals surface area (Å²) in [5.74, 6) is -0.913. The van der Waals surface area contributed by atoms with Crippen LogP contribution in [-0.2, 0) is 12.5 Å². The Kier molecular flexibility index (Phi) is 3.42. The Morgan fingerprint density at radius 1 is 1.25 bits per heavy atom. The van der Waals surface area contributed by atoms with Crippen molar-refractivity contribution in [1.29, 1.82) is 0 Å². The van der Waals surface area contributed by atoms with E-state index >= 15 is 0 Å². The molecule has 0 aliphatic rings. The van der Waals surface area contributed by atoms with Crippen LogP contribution in [0, 0.1) is 6.92 Å². The maximum absolute atomic E-state index is 11.4. The average molecular weight is 272 g/mol. The first-order chi connectivity index (χ1) is 9.20. The molecule has 0 atom stereocenters. The van der Waals surface area contributed by atoms with Gasteiger partial charge in [0.1, 0.15) is 0 Å². The molecule has 1 heterocycles. The number of aromatic nitrogens is 2. The summed E-state index contributed by atoms with van der Waals surface area (Å²) in [6.07, 6.45) is 1.89. The molecule has 1 aromatic carbocycles. The molecule has 4 nitrogen and oxygen atoms in total. The zero-order chi connectivity index (χ0) is 15.1. The van der Waals surface area contributed by atoms with E-state index in [-0.39, 0.29) is 5.41 Å². The number of aromatic carboxylic acids is 1. The number of carboxylic acid groups (broad SMARTS) is 1. The summed E-state index contributed by atoms with van der Waals surface area (Å²) in [4.78, 5) is 11.4. The predicted octanol–water partition coefficient (Wildman–Crippen LogP) is 3.39. The highest BCUT2D eigenvalue weighted by Crippen LogP contribution is 2.34. The molecule has 106 valence electrons. The molecule has 0 aliphatic heterocycles. The van der Waals surface area contributed by atoms with Gasteiger partial charge in [0.05, 0.1) is 11.3 Å². The van der Waals surface area contributed by atoms with Crippen molar-refractivity contribution < 1.29 is 9.90 Å². The van der Waals surface area contributed by atoms with Crippen LogP contribution in [-0.4, -0.2) is 20.9 Å². The lowest BCUT2D eigenvalue weighted by molar-refractivity contribution is 0.0697. The zero-order valence-corrected chi connectivity index (χ0v) is 12.6. The van der Waals surface area contributed by atoms with Crippen LogP contribution < -0.4 is 0 Å². The molecule has 0 saturated heterocycles. The lowest BCUT2D eigenvalue weighted by atomic mass is 9.86. The van der Waals surface area contributed by atoms with E-state index in [0.717, 1.165) is 22.4 Å². The minimum atomic E-state index is -0.913. The summed E-state index contributed by atoms with van der Waals surface area (Å²) >= 11 is 0. The molecule has 20 heavy (non-hydrogen) atoms. The van der Waals surface area contributed by atoms with Crippen molar-refractivity contribution in [2.75, 3.05) is 0 Å². The van der Waals surface area contributed by atoms with Crippen LogP contribution in [0.5, 0.6) is 0 Å². The minimum absolute atomic E-state index is 0.143. The second kappa shape index (κ2) is 4.78. The number of hydrogen-bond acceptors (Lipinski definition) is 2. The Balaban J connectivity index is 2.75. The summed E-state index contributed by atoms with van der Waals surface area (Å²) in [6.45, 7) is 8.20. The van der Waals surface area contributed by atoms with Crippen molar-refractivity contribution >= 4 is 5.97 Å². The first-order valence-corrected chi connectivity index (χ1v) is 6.58. The van der Waals surface area contributed by atoms with Crippen molar-refractivity contribution in [3.63, 3.8) is 0 Å². The lowest BCUT2D eigenvalue weighted by Gasteiger charge is -2.18. The Morgan fingerprint density at radius 2 is 1.90 bits per heavy atom. The van der Waals surface area contributed by atoms with Crippen LogP contribution in [0.2, 0.25) is 0 Å². The van der Waals surface area contributed by atoms with Crippen molar-refractivity contribution in [2.45, 2.75) is 33.1 Å². The molecule has 0 aliphatic carbocycles. The van der Waals surface area contributed by atoms with E-state index in [9.17, 15) is 9.90 Å². The summed E-state index contributed by atoms with van der Waals surface area (Å²) in [7, 11) is 1.86. The molecular weight excluding hydrogens is 252 g/mol. The fourth-order valence-electron chi connectivity index (χ4n) is 2.31. The number of hydrogen-bond donors (Lipinski definition) is 1. The largest absolute Gasteiger partial charge is 0.478 e. The number of benzene rings is 1. The van der Waals surface area contributed by atoms with Gasteiger partial charge in [-0.1, -0.05) is 38.5 Å². The second-order valence-corrected chi connectivity index (χ2v) is 6.17. The molecule has 0 fully saturated rings. The minimum Gasteiger partial charge on any atom is -0.478 e. The maximum Gasteiger partial charge on any atom is 0.336 e. The highest BCUT2D eigenvalue weighted by molar-refractivity contribution is 5.96. The number of rotatable bonds is 2. The zero-order valence-electron chi connectivity index (χ0n) is 12.6. The molecule has 0 unspecified atom stereocenters. The Bertz CT molecular complexity index is 664.